The van der Waals surface area contributed by atoms with Gasteiger partial charge >= 0.3 is 0 Å². The van der Waals surface area contributed by atoms with Crippen molar-refractivity contribution in [2.24, 2.45) is 0 Å². The van der Waals surface area contributed by atoms with E-state index in [4.69, 9.17) is 5.26 Å². The summed E-state index contributed by atoms with van der Waals surface area (Å²) in [6, 6.07) is 7.62. The average Bonchev–Trinajstić information content (AvgIpc) is 2.28. The molecule has 0 fully saturated rings. The molecular weight excluding hydrogens is 270 g/mol. The summed E-state index contributed by atoms with van der Waals surface area (Å²) in [7, 11) is 0. The molecule has 16 heavy (non-hydrogen) atoms. The van der Waals surface area contributed by atoms with Crippen LogP contribution in [0.1, 0.15) is 5.56 Å². The number of hydrogen-bond acceptors (Lipinski definition) is 3. The van der Waals surface area contributed by atoms with E-state index in [0.717, 1.165) is 15.7 Å². The predicted octanol–water partition coefficient (Wildman–Crippen LogP) is 1.81. The van der Waals surface area contributed by atoms with E-state index in [2.05, 4.69) is 26.6 Å². The molecular formula is C11H12BrN3O. The van der Waals surface area contributed by atoms with Crippen molar-refractivity contribution in [2.75, 3.05) is 18.4 Å². The van der Waals surface area contributed by atoms with E-state index < -0.39 is 0 Å². The molecule has 0 heterocycles. The molecule has 0 unspecified atom stereocenters. The van der Waals surface area contributed by atoms with Gasteiger partial charge in [-0.05, 0) is 34.5 Å². The van der Waals surface area contributed by atoms with Crippen molar-refractivity contribution in [1.29, 1.82) is 5.26 Å². The van der Waals surface area contributed by atoms with Crippen LogP contribution in [0.4, 0.5) is 5.69 Å². The Kier molecular flexibility index (Phi) is 4.80. The quantitative estimate of drug-likeness (QED) is 0.828. The van der Waals surface area contributed by atoms with Gasteiger partial charge in [-0.3, -0.25) is 4.79 Å². The fraction of sp³-hybridized carbons (Fsp3) is 0.273. The van der Waals surface area contributed by atoms with Crippen LogP contribution in [-0.2, 0) is 4.79 Å². The molecule has 5 heteroatoms. The summed E-state index contributed by atoms with van der Waals surface area (Å²) < 4.78 is 0.947. The maximum Gasteiger partial charge on any atom is 0.240 e. The lowest BCUT2D eigenvalue weighted by Crippen LogP contribution is -2.30. The average molecular weight is 282 g/mol. The second-order valence-electron chi connectivity index (χ2n) is 3.22. The van der Waals surface area contributed by atoms with Gasteiger partial charge in [-0.1, -0.05) is 12.1 Å². The topological polar surface area (TPSA) is 64.9 Å². The molecule has 0 spiro atoms. The highest BCUT2D eigenvalue weighted by molar-refractivity contribution is 9.10. The molecule has 0 radical (unpaired) electrons. The van der Waals surface area contributed by atoms with E-state index in [0.29, 0.717) is 0 Å². The largest absolute Gasteiger partial charge is 0.375 e. The lowest BCUT2D eigenvalue weighted by Gasteiger charge is -2.09. The molecule has 2 N–H and O–H groups in total. The van der Waals surface area contributed by atoms with Crippen molar-refractivity contribution < 1.29 is 4.79 Å². The van der Waals surface area contributed by atoms with Crippen LogP contribution in [0.3, 0.4) is 0 Å². The molecule has 4 nitrogen and oxygen atoms in total. The number of benzene rings is 1. The second kappa shape index (κ2) is 6.13. The van der Waals surface area contributed by atoms with Crippen molar-refractivity contribution in [3.8, 4) is 6.07 Å². The van der Waals surface area contributed by atoms with E-state index in [1.807, 2.05) is 31.2 Å². The van der Waals surface area contributed by atoms with E-state index in [1.54, 1.807) is 0 Å². The minimum absolute atomic E-state index is 0.0372. The molecule has 0 aliphatic heterocycles. The van der Waals surface area contributed by atoms with Crippen LogP contribution in [-0.4, -0.2) is 19.0 Å². The first-order valence-corrected chi connectivity index (χ1v) is 5.57. The van der Waals surface area contributed by atoms with Crippen molar-refractivity contribution in [3.05, 3.63) is 28.2 Å². The van der Waals surface area contributed by atoms with Crippen LogP contribution in [0.25, 0.3) is 0 Å². The third kappa shape index (κ3) is 3.55. The lowest BCUT2D eigenvalue weighted by atomic mass is 10.2. The Morgan fingerprint density at radius 3 is 3.00 bits per heavy atom. The molecule has 0 aliphatic rings. The van der Waals surface area contributed by atoms with Gasteiger partial charge in [0.1, 0.15) is 6.54 Å². The first kappa shape index (κ1) is 12.5. The fourth-order valence-electron chi connectivity index (χ4n) is 1.16. The number of carbonyl (C=O) groups excluding carboxylic acids is 1. The number of halogens is 1. The molecule has 1 amide bonds. The summed E-state index contributed by atoms with van der Waals surface area (Å²) in [6.07, 6.45) is 0. The van der Waals surface area contributed by atoms with E-state index in [9.17, 15) is 4.79 Å². The molecule has 0 saturated carbocycles. The first-order chi connectivity index (χ1) is 7.65. The van der Waals surface area contributed by atoms with Crippen molar-refractivity contribution in [3.63, 3.8) is 0 Å². The van der Waals surface area contributed by atoms with E-state index in [-0.39, 0.29) is 19.0 Å². The smallest absolute Gasteiger partial charge is 0.240 e. The van der Waals surface area contributed by atoms with Crippen molar-refractivity contribution in [1.82, 2.24) is 5.32 Å². The molecule has 0 bridgehead atoms. The minimum atomic E-state index is -0.199. The predicted molar refractivity (Wildman–Crippen MR) is 66.0 cm³/mol. The summed E-state index contributed by atoms with van der Waals surface area (Å²) in [5.41, 5.74) is 1.97. The van der Waals surface area contributed by atoms with Gasteiger partial charge < -0.3 is 10.6 Å². The van der Waals surface area contributed by atoms with Gasteiger partial charge in [0.2, 0.25) is 5.91 Å². The maximum atomic E-state index is 11.2. The summed E-state index contributed by atoms with van der Waals surface area (Å²) in [6.45, 7) is 2.17. The Bertz CT molecular complexity index is 426. The molecule has 84 valence electrons. The summed E-state index contributed by atoms with van der Waals surface area (Å²) >= 11 is 3.44. The SMILES string of the molecule is Cc1cccc(NCC(=O)NCC#N)c1Br. The zero-order valence-electron chi connectivity index (χ0n) is 8.88. The Hall–Kier alpha value is -1.54. The van der Waals surface area contributed by atoms with Gasteiger partial charge in [0.25, 0.3) is 0 Å². The number of nitrogens with zero attached hydrogens (tertiary/aromatic N) is 1. The standard InChI is InChI=1S/C11H12BrN3O/c1-8-3-2-4-9(11(8)12)15-7-10(16)14-6-5-13/h2-4,15H,6-7H2,1H3,(H,14,16). The van der Waals surface area contributed by atoms with Crippen LogP contribution < -0.4 is 10.6 Å². The number of aryl methyl sites for hydroxylation is 1. The van der Waals surface area contributed by atoms with Crippen molar-refractivity contribution in [2.45, 2.75) is 6.92 Å². The van der Waals surface area contributed by atoms with E-state index >= 15 is 0 Å². The highest BCUT2D eigenvalue weighted by Gasteiger charge is 2.04. The molecule has 0 aliphatic carbocycles. The highest BCUT2D eigenvalue weighted by atomic mass is 79.9. The number of carbonyl (C=O) groups is 1. The highest BCUT2D eigenvalue weighted by Crippen LogP contribution is 2.25. The minimum Gasteiger partial charge on any atom is -0.375 e. The Morgan fingerprint density at radius 2 is 2.31 bits per heavy atom. The number of nitriles is 1. The van der Waals surface area contributed by atoms with Gasteiger partial charge in [0.15, 0.2) is 0 Å². The summed E-state index contributed by atoms with van der Waals surface area (Å²) in [5, 5.41) is 13.7. The van der Waals surface area contributed by atoms with Crippen LogP contribution in [0, 0.1) is 18.3 Å². The molecule has 0 atom stereocenters. The Labute approximate surface area is 103 Å². The van der Waals surface area contributed by atoms with Gasteiger partial charge in [0, 0.05) is 10.2 Å². The molecule has 1 aromatic carbocycles. The Morgan fingerprint density at radius 1 is 1.56 bits per heavy atom. The van der Waals surface area contributed by atoms with Gasteiger partial charge in [-0.2, -0.15) is 5.26 Å². The molecule has 1 rings (SSSR count). The van der Waals surface area contributed by atoms with Crippen LogP contribution in [0.2, 0.25) is 0 Å². The van der Waals surface area contributed by atoms with Gasteiger partial charge in [-0.15, -0.1) is 0 Å². The molecule has 1 aromatic rings. The number of anilines is 1. The third-order valence-corrected chi connectivity index (χ3v) is 3.05. The normalized spacial score (nSPS) is 9.31. The van der Waals surface area contributed by atoms with Gasteiger partial charge in [0.05, 0.1) is 12.6 Å². The second-order valence-corrected chi connectivity index (χ2v) is 4.02. The summed E-state index contributed by atoms with van der Waals surface area (Å²) in [5.74, 6) is -0.199. The zero-order valence-corrected chi connectivity index (χ0v) is 10.5. The van der Waals surface area contributed by atoms with Crippen LogP contribution >= 0.6 is 15.9 Å². The number of hydrogen-bond donors (Lipinski definition) is 2. The molecule has 0 aromatic heterocycles. The van der Waals surface area contributed by atoms with Crippen molar-refractivity contribution >= 4 is 27.5 Å². The van der Waals surface area contributed by atoms with E-state index in [1.165, 1.54) is 0 Å². The fourth-order valence-corrected chi connectivity index (χ4v) is 1.56. The Balaban J connectivity index is 2.52. The monoisotopic (exact) mass is 281 g/mol. The lowest BCUT2D eigenvalue weighted by molar-refractivity contribution is -0.119. The molecule has 0 saturated heterocycles. The number of rotatable bonds is 4. The summed E-state index contributed by atoms with van der Waals surface area (Å²) in [4.78, 5) is 11.2. The van der Waals surface area contributed by atoms with Gasteiger partial charge in [-0.25, -0.2) is 0 Å². The maximum absolute atomic E-state index is 11.2. The zero-order chi connectivity index (χ0) is 12.0. The first-order valence-electron chi connectivity index (χ1n) is 4.77. The van der Waals surface area contributed by atoms with Crippen LogP contribution in [0.5, 0.6) is 0 Å². The number of amides is 1. The third-order valence-electron chi connectivity index (χ3n) is 2.00. The number of nitrogens with one attached hydrogen (secondary N) is 2. The van der Waals surface area contributed by atoms with Crippen LogP contribution in [0.15, 0.2) is 22.7 Å².